The van der Waals surface area contributed by atoms with Gasteiger partial charge in [0.05, 0.1) is 0 Å². The first-order valence-corrected chi connectivity index (χ1v) is 6.66. The molecule has 0 unspecified atom stereocenters. The number of unbranched alkanes of at least 4 members (excludes halogenated alkanes) is 8. The number of nitrogens with two attached hydrogens (primary N) is 2. The molecule has 0 aromatic heterocycles. The second-order valence-corrected chi connectivity index (χ2v) is 4.81. The van der Waals surface area contributed by atoms with Crippen LogP contribution in [0.4, 0.5) is 0 Å². The summed E-state index contributed by atoms with van der Waals surface area (Å²) in [6.07, 6.45) is 12.6. The molecule has 0 saturated carbocycles. The van der Waals surface area contributed by atoms with Crippen LogP contribution in [0.15, 0.2) is 0 Å². The highest BCUT2D eigenvalue weighted by Crippen LogP contribution is 2.11. The summed E-state index contributed by atoms with van der Waals surface area (Å²) < 4.78 is 0. The second-order valence-electron chi connectivity index (χ2n) is 4.81. The molecule has 0 aromatic carbocycles. The molecular formula is C13H28N2O. The molecule has 0 spiro atoms. The van der Waals surface area contributed by atoms with E-state index in [9.17, 15) is 4.79 Å². The number of aldehydes is 1. The van der Waals surface area contributed by atoms with Crippen LogP contribution in [0.1, 0.15) is 71.1 Å². The van der Waals surface area contributed by atoms with E-state index in [1.54, 1.807) is 0 Å². The predicted molar refractivity (Wildman–Crippen MR) is 69.0 cm³/mol. The van der Waals surface area contributed by atoms with Crippen molar-refractivity contribution >= 4 is 6.29 Å². The lowest BCUT2D eigenvalue weighted by atomic mass is 10.0. The maximum Gasteiger partial charge on any atom is 0.154 e. The minimum absolute atomic E-state index is 0.604. The van der Waals surface area contributed by atoms with Crippen LogP contribution < -0.4 is 11.5 Å². The number of carbonyl (C=O) groups is 1. The number of rotatable bonds is 11. The van der Waals surface area contributed by atoms with E-state index in [1.807, 2.05) is 0 Å². The largest absolute Gasteiger partial charge is 0.307 e. The molecule has 3 heteroatoms. The van der Waals surface area contributed by atoms with Gasteiger partial charge in [-0.15, -0.1) is 0 Å². The van der Waals surface area contributed by atoms with Crippen molar-refractivity contribution in [2.24, 2.45) is 11.5 Å². The Morgan fingerprint density at radius 1 is 0.875 bits per heavy atom. The normalized spacial score (nSPS) is 11.7. The third kappa shape index (κ3) is 10.1. The maximum atomic E-state index is 10.4. The van der Waals surface area contributed by atoms with E-state index in [4.69, 9.17) is 11.5 Å². The van der Waals surface area contributed by atoms with E-state index < -0.39 is 5.66 Å². The highest BCUT2D eigenvalue weighted by atomic mass is 16.1. The molecule has 96 valence electrons. The van der Waals surface area contributed by atoms with Crippen LogP contribution >= 0.6 is 0 Å². The minimum Gasteiger partial charge on any atom is -0.307 e. The summed E-state index contributed by atoms with van der Waals surface area (Å²) in [6, 6.07) is 0. The lowest BCUT2D eigenvalue weighted by Gasteiger charge is -2.15. The van der Waals surface area contributed by atoms with E-state index in [0.29, 0.717) is 12.7 Å². The third-order valence-corrected chi connectivity index (χ3v) is 2.93. The Hall–Kier alpha value is -0.410. The second kappa shape index (κ2) is 9.79. The van der Waals surface area contributed by atoms with Crippen LogP contribution in [0.2, 0.25) is 0 Å². The Kier molecular flexibility index (Phi) is 9.54. The molecule has 0 heterocycles. The van der Waals surface area contributed by atoms with E-state index in [2.05, 4.69) is 6.92 Å². The lowest BCUT2D eigenvalue weighted by molar-refractivity contribution is -0.112. The molecule has 0 aliphatic rings. The average Bonchev–Trinajstić information content (AvgIpc) is 2.27. The fraction of sp³-hybridized carbons (Fsp3) is 0.923. The summed E-state index contributed by atoms with van der Waals surface area (Å²) >= 11 is 0. The Morgan fingerprint density at radius 3 is 1.75 bits per heavy atom. The van der Waals surface area contributed by atoms with Gasteiger partial charge < -0.3 is 11.5 Å². The van der Waals surface area contributed by atoms with Crippen molar-refractivity contribution in [1.82, 2.24) is 0 Å². The zero-order chi connectivity index (χ0) is 12.3. The average molecular weight is 228 g/mol. The van der Waals surface area contributed by atoms with Gasteiger partial charge in [-0.05, 0) is 12.8 Å². The molecule has 0 saturated heterocycles. The fourth-order valence-electron chi connectivity index (χ4n) is 1.80. The van der Waals surface area contributed by atoms with Crippen LogP contribution in [-0.4, -0.2) is 11.9 Å². The van der Waals surface area contributed by atoms with Crippen molar-refractivity contribution in [2.45, 2.75) is 76.8 Å². The molecule has 0 aromatic rings. The van der Waals surface area contributed by atoms with E-state index in [-0.39, 0.29) is 0 Å². The smallest absolute Gasteiger partial charge is 0.154 e. The SMILES string of the molecule is CCCCCCCCCCCC(N)(N)C=O. The molecule has 0 aliphatic heterocycles. The van der Waals surface area contributed by atoms with Gasteiger partial charge >= 0.3 is 0 Å². The number of hydrogen-bond acceptors (Lipinski definition) is 3. The molecule has 0 aliphatic carbocycles. The van der Waals surface area contributed by atoms with Gasteiger partial charge in [-0.1, -0.05) is 58.3 Å². The first-order valence-electron chi connectivity index (χ1n) is 6.66. The van der Waals surface area contributed by atoms with Gasteiger partial charge in [0.15, 0.2) is 6.29 Å². The van der Waals surface area contributed by atoms with E-state index in [0.717, 1.165) is 12.8 Å². The van der Waals surface area contributed by atoms with Crippen molar-refractivity contribution in [3.8, 4) is 0 Å². The molecule has 0 radical (unpaired) electrons. The highest BCUT2D eigenvalue weighted by molar-refractivity contribution is 5.62. The molecular weight excluding hydrogens is 200 g/mol. The maximum absolute atomic E-state index is 10.4. The number of carbonyl (C=O) groups excluding carboxylic acids is 1. The first kappa shape index (κ1) is 15.6. The Labute approximate surface area is 100.0 Å². The van der Waals surface area contributed by atoms with Crippen LogP contribution in [0.5, 0.6) is 0 Å². The van der Waals surface area contributed by atoms with Gasteiger partial charge in [-0.25, -0.2) is 0 Å². The van der Waals surface area contributed by atoms with Gasteiger partial charge in [0.1, 0.15) is 5.66 Å². The zero-order valence-corrected chi connectivity index (χ0v) is 10.7. The molecule has 4 N–H and O–H groups in total. The fourth-order valence-corrected chi connectivity index (χ4v) is 1.80. The minimum atomic E-state index is -1.10. The quantitative estimate of drug-likeness (QED) is 0.324. The van der Waals surface area contributed by atoms with Crippen LogP contribution in [0.3, 0.4) is 0 Å². The van der Waals surface area contributed by atoms with Crippen molar-refractivity contribution in [2.75, 3.05) is 0 Å². The molecule has 3 nitrogen and oxygen atoms in total. The van der Waals surface area contributed by atoms with Gasteiger partial charge in [-0.3, -0.25) is 4.79 Å². The molecule has 0 amide bonds. The molecule has 0 atom stereocenters. The molecule has 0 rings (SSSR count). The van der Waals surface area contributed by atoms with Crippen molar-refractivity contribution < 1.29 is 4.79 Å². The van der Waals surface area contributed by atoms with Crippen molar-refractivity contribution in [3.05, 3.63) is 0 Å². The van der Waals surface area contributed by atoms with Crippen LogP contribution in [-0.2, 0) is 4.79 Å². The van der Waals surface area contributed by atoms with Crippen molar-refractivity contribution in [1.29, 1.82) is 0 Å². The van der Waals surface area contributed by atoms with Gasteiger partial charge in [-0.2, -0.15) is 0 Å². The lowest BCUT2D eigenvalue weighted by Crippen LogP contribution is -2.50. The van der Waals surface area contributed by atoms with Crippen LogP contribution in [0.25, 0.3) is 0 Å². The van der Waals surface area contributed by atoms with Gasteiger partial charge in [0.2, 0.25) is 0 Å². The predicted octanol–water partition coefficient (Wildman–Crippen LogP) is 2.72. The third-order valence-electron chi connectivity index (χ3n) is 2.93. The monoisotopic (exact) mass is 228 g/mol. The standard InChI is InChI=1S/C13H28N2O/c1-2-3-4-5-6-7-8-9-10-11-13(14,15)12-16/h12H,2-11,14-15H2,1H3. The van der Waals surface area contributed by atoms with Crippen LogP contribution in [0, 0.1) is 0 Å². The highest BCUT2D eigenvalue weighted by Gasteiger charge is 2.15. The summed E-state index contributed by atoms with van der Waals surface area (Å²) in [6.45, 7) is 2.24. The number of hydrogen-bond donors (Lipinski definition) is 2. The molecule has 0 bridgehead atoms. The topological polar surface area (TPSA) is 69.1 Å². The summed E-state index contributed by atoms with van der Waals surface area (Å²) in [5, 5.41) is 0. The first-order chi connectivity index (χ1) is 7.62. The van der Waals surface area contributed by atoms with Crippen molar-refractivity contribution in [3.63, 3.8) is 0 Å². The summed E-state index contributed by atoms with van der Waals surface area (Å²) in [5.74, 6) is 0. The molecule has 16 heavy (non-hydrogen) atoms. The van der Waals surface area contributed by atoms with Gasteiger partial charge in [0.25, 0.3) is 0 Å². The van der Waals surface area contributed by atoms with E-state index >= 15 is 0 Å². The van der Waals surface area contributed by atoms with E-state index in [1.165, 1.54) is 44.9 Å². The zero-order valence-electron chi connectivity index (χ0n) is 10.7. The molecule has 0 fully saturated rings. The van der Waals surface area contributed by atoms with Gasteiger partial charge in [0, 0.05) is 0 Å². The summed E-state index contributed by atoms with van der Waals surface area (Å²) in [4.78, 5) is 10.4. The Balaban J connectivity index is 3.13. The Bertz CT molecular complexity index is 169. The summed E-state index contributed by atoms with van der Waals surface area (Å²) in [7, 11) is 0. The Morgan fingerprint density at radius 2 is 1.31 bits per heavy atom. The summed E-state index contributed by atoms with van der Waals surface area (Å²) in [5.41, 5.74) is 9.95.